The number of aliphatic hydroxyl groups excluding tert-OH is 1. The lowest BCUT2D eigenvalue weighted by Crippen LogP contribution is -2.24. The van der Waals surface area contributed by atoms with Crippen LogP contribution in [-0.2, 0) is 16.0 Å². The Kier molecular flexibility index (Phi) is 4.57. The average molecular weight is 294 g/mol. The van der Waals surface area contributed by atoms with Crippen LogP contribution in [0.5, 0.6) is 0 Å². The monoisotopic (exact) mass is 292 g/mol. The molecule has 82 valence electrons. The first-order valence-electron chi connectivity index (χ1n) is 4.24. The molecule has 0 fully saturated rings. The molecular formula is C10H10BrClO3. The Balaban J connectivity index is 2.73. The lowest BCUT2D eigenvalue weighted by Gasteiger charge is -2.08. The molecule has 5 heteroatoms. The van der Waals surface area contributed by atoms with Gasteiger partial charge in [-0.25, -0.2) is 4.79 Å². The maximum absolute atomic E-state index is 11.0. The molecule has 0 spiro atoms. The van der Waals surface area contributed by atoms with Gasteiger partial charge in [-0.15, -0.1) is 0 Å². The molecule has 0 saturated carbocycles. The number of hydrogen-bond acceptors (Lipinski definition) is 3. The highest BCUT2D eigenvalue weighted by atomic mass is 79.9. The molecule has 1 aromatic carbocycles. The van der Waals surface area contributed by atoms with Crippen molar-refractivity contribution in [2.24, 2.45) is 0 Å². The number of methoxy groups -OCH3 is 1. The van der Waals surface area contributed by atoms with E-state index < -0.39 is 12.1 Å². The molecule has 15 heavy (non-hydrogen) atoms. The maximum Gasteiger partial charge on any atom is 0.335 e. The molecule has 1 unspecified atom stereocenters. The molecular weight excluding hydrogens is 283 g/mol. The topological polar surface area (TPSA) is 46.5 Å². The number of carbonyl (C=O) groups is 1. The first-order valence-corrected chi connectivity index (χ1v) is 5.41. The summed E-state index contributed by atoms with van der Waals surface area (Å²) in [7, 11) is 1.24. The van der Waals surface area contributed by atoms with E-state index in [1.54, 1.807) is 18.2 Å². The number of hydrogen-bond donors (Lipinski definition) is 1. The Morgan fingerprint density at radius 3 is 2.87 bits per heavy atom. The van der Waals surface area contributed by atoms with E-state index in [-0.39, 0.29) is 6.42 Å². The van der Waals surface area contributed by atoms with E-state index in [0.29, 0.717) is 5.02 Å². The zero-order chi connectivity index (χ0) is 11.4. The summed E-state index contributed by atoms with van der Waals surface area (Å²) in [5, 5.41) is 10.00. The van der Waals surface area contributed by atoms with E-state index in [2.05, 4.69) is 20.7 Å². The minimum atomic E-state index is -1.14. The van der Waals surface area contributed by atoms with E-state index >= 15 is 0 Å². The summed E-state index contributed by atoms with van der Waals surface area (Å²) >= 11 is 9.07. The van der Waals surface area contributed by atoms with Gasteiger partial charge in [0.25, 0.3) is 0 Å². The van der Waals surface area contributed by atoms with Crippen molar-refractivity contribution in [1.29, 1.82) is 0 Å². The predicted octanol–water partition coefficient (Wildman–Crippen LogP) is 2.18. The molecule has 0 aromatic heterocycles. The highest BCUT2D eigenvalue weighted by Crippen LogP contribution is 2.23. The van der Waals surface area contributed by atoms with Crippen molar-refractivity contribution in [3.8, 4) is 0 Å². The second-order valence-electron chi connectivity index (χ2n) is 2.99. The summed E-state index contributed by atoms with van der Waals surface area (Å²) in [4.78, 5) is 11.0. The van der Waals surface area contributed by atoms with Gasteiger partial charge in [-0.05, 0) is 33.6 Å². The second kappa shape index (κ2) is 5.49. The predicted molar refractivity (Wildman–Crippen MR) is 60.9 cm³/mol. The van der Waals surface area contributed by atoms with E-state index in [9.17, 15) is 9.90 Å². The first kappa shape index (κ1) is 12.5. The fourth-order valence-corrected chi connectivity index (χ4v) is 1.65. The molecule has 1 atom stereocenters. The van der Waals surface area contributed by atoms with Crippen LogP contribution in [0.4, 0.5) is 0 Å². The quantitative estimate of drug-likeness (QED) is 0.869. The Morgan fingerprint density at radius 1 is 1.67 bits per heavy atom. The molecule has 0 saturated heterocycles. The highest BCUT2D eigenvalue weighted by molar-refractivity contribution is 9.10. The minimum Gasteiger partial charge on any atom is -0.467 e. The van der Waals surface area contributed by atoms with Crippen LogP contribution in [0.2, 0.25) is 5.02 Å². The summed E-state index contributed by atoms with van der Waals surface area (Å²) in [5.74, 6) is -0.638. The molecule has 0 aliphatic rings. The van der Waals surface area contributed by atoms with Gasteiger partial charge in [0.2, 0.25) is 0 Å². The molecule has 1 N–H and O–H groups in total. The Labute approximate surface area is 101 Å². The Hall–Kier alpha value is -0.580. The largest absolute Gasteiger partial charge is 0.467 e. The van der Waals surface area contributed by atoms with Gasteiger partial charge in [0.1, 0.15) is 0 Å². The van der Waals surface area contributed by atoms with Gasteiger partial charge in [0, 0.05) is 10.9 Å². The number of ether oxygens (including phenoxy) is 1. The smallest absolute Gasteiger partial charge is 0.335 e. The number of benzene rings is 1. The Bertz CT molecular complexity index is 368. The Morgan fingerprint density at radius 2 is 2.33 bits per heavy atom. The third-order valence-corrected chi connectivity index (χ3v) is 3.10. The lowest BCUT2D eigenvalue weighted by molar-refractivity contribution is -0.150. The van der Waals surface area contributed by atoms with Crippen LogP contribution in [0.3, 0.4) is 0 Å². The molecule has 0 bridgehead atoms. The van der Waals surface area contributed by atoms with Crippen molar-refractivity contribution >= 4 is 33.5 Å². The van der Waals surface area contributed by atoms with Crippen LogP contribution in [0.25, 0.3) is 0 Å². The van der Waals surface area contributed by atoms with Gasteiger partial charge in [-0.1, -0.05) is 17.7 Å². The second-order valence-corrected chi connectivity index (χ2v) is 4.25. The van der Waals surface area contributed by atoms with Gasteiger partial charge in [0.05, 0.1) is 12.1 Å². The standard InChI is InChI=1S/C10H10BrClO3/c1-15-10(14)9(13)5-6-2-3-8(12)7(11)4-6/h2-4,9,13H,5H2,1H3. The van der Waals surface area contributed by atoms with Crippen molar-refractivity contribution in [3.63, 3.8) is 0 Å². The van der Waals surface area contributed by atoms with Gasteiger partial charge < -0.3 is 9.84 Å². The number of halogens is 2. The molecule has 0 aliphatic carbocycles. The summed E-state index contributed by atoms with van der Waals surface area (Å²) in [6.07, 6.45) is -0.925. The fourth-order valence-electron chi connectivity index (χ4n) is 1.11. The van der Waals surface area contributed by atoms with Crippen molar-refractivity contribution in [2.75, 3.05) is 7.11 Å². The summed E-state index contributed by atoms with van der Waals surface area (Å²) in [5.41, 5.74) is 0.809. The zero-order valence-corrected chi connectivity index (χ0v) is 10.4. The van der Waals surface area contributed by atoms with Crippen molar-refractivity contribution in [2.45, 2.75) is 12.5 Å². The van der Waals surface area contributed by atoms with Crippen LogP contribution in [0.1, 0.15) is 5.56 Å². The molecule has 3 nitrogen and oxygen atoms in total. The van der Waals surface area contributed by atoms with Gasteiger partial charge in [-0.2, -0.15) is 0 Å². The van der Waals surface area contributed by atoms with Crippen molar-refractivity contribution in [3.05, 3.63) is 33.3 Å². The van der Waals surface area contributed by atoms with E-state index in [0.717, 1.165) is 10.0 Å². The van der Waals surface area contributed by atoms with E-state index in [1.807, 2.05) is 0 Å². The van der Waals surface area contributed by atoms with Gasteiger partial charge in [0.15, 0.2) is 6.10 Å². The normalized spacial score (nSPS) is 12.3. The van der Waals surface area contributed by atoms with Gasteiger partial charge in [-0.3, -0.25) is 0 Å². The number of rotatable bonds is 3. The van der Waals surface area contributed by atoms with E-state index in [1.165, 1.54) is 7.11 Å². The van der Waals surface area contributed by atoms with Crippen LogP contribution in [0.15, 0.2) is 22.7 Å². The number of aliphatic hydroxyl groups is 1. The average Bonchev–Trinajstić information content (AvgIpc) is 2.22. The summed E-state index contributed by atoms with van der Waals surface area (Å²) in [6.45, 7) is 0. The third-order valence-electron chi connectivity index (χ3n) is 1.89. The van der Waals surface area contributed by atoms with Crippen LogP contribution in [-0.4, -0.2) is 24.3 Å². The molecule has 1 aromatic rings. The first-order chi connectivity index (χ1) is 7.04. The summed E-state index contributed by atoms with van der Waals surface area (Å²) < 4.78 is 5.15. The molecule has 0 amide bonds. The van der Waals surface area contributed by atoms with Crippen molar-refractivity contribution in [1.82, 2.24) is 0 Å². The fraction of sp³-hybridized carbons (Fsp3) is 0.300. The van der Waals surface area contributed by atoms with Crippen LogP contribution >= 0.6 is 27.5 Å². The van der Waals surface area contributed by atoms with Gasteiger partial charge >= 0.3 is 5.97 Å². The van der Waals surface area contributed by atoms with Crippen molar-refractivity contribution < 1.29 is 14.6 Å². The maximum atomic E-state index is 11.0. The van der Waals surface area contributed by atoms with E-state index in [4.69, 9.17) is 11.6 Å². The van der Waals surface area contributed by atoms with Crippen LogP contribution < -0.4 is 0 Å². The molecule has 0 radical (unpaired) electrons. The van der Waals surface area contributed by atoms with Crippen LogP contribution in [0, 0.1) is 0 Å². The molecule has 0 heterocycles. The zero-order valence-electron chi connectivity index (χ0n) is 8.04. The summed E-state index contributed by atoms with van der Waals surface area (Å²) in [6, 6.07) is 5.21. The minimum absolute atomic E-state index is 0.211. The molecule has 1 rings (SSSR count). The third kappa shape index (κ3) is 3.48. The number of carbonyl (C=O) groups excluding carboxylic acids is 1. The SMILES string of the molecule is COC(=O)C(O)Cc1ccc(Cl)c(Br)c1. The number of esters is 1. The highest BCUT2D eigenvalue weighted by Gasteiger charge is 2.16. The molecule has 0 aliphatic heterocycles. The lowest BCUT2D eigenvalue weighted by atomic mass is 10.1.